The van der Waals surface area contributed by atoms with Crippen LogP contribution in [0, 0.1) is 0 Å². The average Bonchev–Trinajstić information content (AvgIpc) is 3.37. The number of aliphatic carboxylic acids is 1. The molecular weight excluding hydrogens is 302 g/mol. The van der Waals surface area contributed by atoms with Gasteiger partial charge in [0.15, 0.2) is 0 Å². The summed E-state index contributed by atoms with van der Waals surface area (Å²) in [6.45, 7) is 15.6. The molecule has 1 fully saturated rings. The third-order valence-corrected chi connectivity index (χ3v) is 4.74. The first-order chi connectivity index (χ1) is 11.5. The lowest BCUT2D eigenvalue weighted by Crippen LogP contribution is -2.50. The van der Waals surface area contributed by atoms with Crippen molar-refractivity contribution in [2.24, 2.45) is 0 Å². The fourth-order valence-electron chi connectivity index (χ4n) is 3.02. The predicted octanol–water partition coefficient (Wildman–Crippen LogP) is 3.53. The molecule has 0 saturated carbocycles. The molecule has 1 rings (SSSR count). The van der Waals surface area contributed by atoms with E-state index in [1.807, 2.05) is 0 Å². The first kappa shape index (κ1) is 23.4. The van der Waals surface area contributed by atoms with Crippen LogP contribution in [0.4, 0.5) is 0 Å². The first-order valence-corrected chi connectivity index (χ1v) is 10.2. The molecule has 1 heterocycles. The standard InChI is InChI=1S/C16H36N.C4H6O3/c1-5-9-13-17(14-10-6-2,15-11-7-3)16-12-8-4;5-4(6)1-3-2-7-3/h5-16H2,1-4H3;3H,1-2H2,(H,5,6)/q+1;/p-1/t;3-/m.0/s1. The van der Waals surface area contributed by atoms with Gasteiger partial charge in [-0.25, -0.2) is 0 Å². The lowest BCUT2D eigenvalue weighted by molar-refractivity contribution is -0.929. The molecule has 0 aromatic carbocycles. The maximum atomic E-state index is 9.66. The Morgan fingerprint density at radius 3 is 1.38 bits per heavy atom. The summed E-state index contributed by atoms with van der Waals surface area (Å²) in [7, 11) is 0. The quantitative estimate of drug-likeness (QED) is 0.358. The van der Waals surface area contributed by atoms with Crippen LogP contribution >= 0.6 is 0 Å². The van der Waals surface area contributed by atoms with Crippen LogP contribution in [0.1, 0.15) is 85.5 Å². The van der Waals surface area contributed by atoms with Gasteiger partial charge in [0.2, 0.25) is 0 Å². The molecule has 0 bridgehead atoms. The Kier molecular flexibility index (Phi) is 14.3. The molecule has 0 N–H and O–H groups in total. The number of rotatable bonds is 14. The van der Waals surface area contributed by atoms with Gasteiger partial charge in [0.1, 0.15) is 0 Å². The van der Waals surface area contributed by atoms with E-state index in [4.69, 9.17) is 0 Å². The SMILES string of the molecule is CCCC[N+](CCCC)(CCCC)CCCC.O=C([O-])C[C@H]1CO1. The van der Waals surface area contributed by atoms with Crippen LogP contribution in [-0.2, 0) is 9.53 Å². The number of carboxylic acid groups (broad SMARTS) is 1. The first-order valence-electron chi connectivity index (χ1n) is 10.2. The normalized spacial score (nSPS) is 16.4. The van der Waals surface area contributed by atoms with E-state index >= 15 is 0 Å². The van der Waals surface area contributed by atoms with Crippen molar-refractivity contribution in [1.82, 2.24) is 0 Å². The summed E-state index contributed by atoms with van der Waals surface area (Å²) in [6.07, 6.45) is 11.1. The van der Waals surface area contributed by atoms with Gasteiger partial charge in [0.25, 0.3) is 0 Å². The zero-order valence-electron chi connectivity index (χ0n) is 16.6. The van der Waals surface area contributed by atoms with Crippen molar-refractivity contribution < 1.29 is 19.1 Å². The van der Waals surface area contributed by atoms with Crippen molar-refractivity contribution >= 4 is 5.97 Å². The summed E-state index contributed by atoms with van der Waals surface area (Å²) in [5, 5.41) is 9.66. The number of hydrogen-bond donors (Lipinski definition) is 0. The highest BCUT2D eigenvalue weighted by Gasteiger charge is 2.24. The molecule has 0 radical (unpaired) electrons. The number of nitrogens with zero attached hydrogens (tertiary/aromatic N) is 1. The maximum absolute atomic E-state index is 9.66. The summed E-state index contributed by atoms with van der Waals surface area (Å²) in [6, 6.07) is 0. The summed E-state index contributed by atoms with van der Waals surface area (Å²) >= 11 is 0. The molecule has 0 spiro atoms. The summed E-state index contributed by atoms with van der Waals surface area (Å²) in [4.78, 5) is 9.66. The average molecular weight is 344 g/mol. The van der Waals surface area contributed by atoms with Crippen LogP contribution < -0.4 is 5.11 Å². The van der Waals surface area contributed by atoms with E-state index in [-0.39, 0.29) is 12.5 Å². The third-order valence-electron chi connectivity index (χ3n) is 4.74. The third kappa shape index (κ3) is 12.8. The largest absolute Gasteiger partial charge is 0.550 e. The lowest BCUT2D eigenvalue weighted by Gasteiger charge is -2.39. The van der Waals surface area contributed by atoms with Crippen molar-refractivity contribution in [3.8, 4) is 0 Å². The highest BCUT2D eigenvalue weighted by Crippen LogP contribution is 2.16. The second-order valence-electron chi connectivity index (χ2n) is 7.18. The molecule has 0 amide bonds. The molecule has 1 aliphatic heterocycles. The molecule has 1 atom stereocenters. The molecular formula is C20H41NO3. The van der Waals surface area contributed by atoms with Crippen LogP contribution in [0.2, 0.25) is 0 Å². The zero-order valence-corrected chi connectivity index (χ0v) is 16.6. The number of quaternary nitrogens is 1. The minimum Gasteiger partial charge on any atom is -0.550 e. The van der Waals surface area contributed by atoms with E-state index in [1.165, 1.54) is 82.0 Å². The number of unbranched alkanes of at least 4 members (excludes halogenated alkanes) is 4. The lowest BCUT2D eigenvalue weighted by atomic mass is 10.1. The number of ether oxygens (including phenoxy) is 1. The van der Waals surface area contributed by atoms with Gasteiger partial charge >= 0.3 is 0 Å². The minimum atomic E-state index is -1.03. The van der Waals surface area contributed by atoms with Crippen molar-refractivity contribution in [2.75, 3.05) is 32.8 Å². The number of epoxide rings is 1. The van der Waals surface area contributed by atoms with Crippen LogP contribution in [0.3, 0.4) is 0 Å². The van der Waals surface area contributed by atoms with Gasteiger partial charge in [0, 0.05) is 12.4 Å². The van der Waals surface area contributed by atoms with E-state index in [0.717, 1.165) is 0 Å². The number of carboxylic acids is 1. The predicted molar refractivity (Wildman–Crippen MR) is 98.7 cm³/mol. The fourth-order valence-corrected chi connectivity index (χ4v) is 3.02. The van der Waals surface area contributed by atoms with Gasteiger partial charge in [-0.3, -0.25) is 0 Å². The molecule has 0 aromatic heterocycles. The van der Waals surface area contributed by atoms with Gasteiger partial charge < -0.3 is 19.1 Å². The number of carbonyl (C=O) groups excluding carboxylic acids is 1. The molecule has 24 heavy (non-hydrogen) atoms. The van der Waals surface area contributed by atoms with Gasteiger partial charge in [-0.1, -0.05) is 53.4 Å². The van der Waals surface area contributed by atoms with Gasteiger partial charge in [-0.2, -0.15) is 0 Å². The summed E-state index contributed by atoms with van der Waals surface area (Å²) in [5.74, 6) is -1.03. The number of hydrogen-bond acceptors (Lipinski definition) is 3. The van der Waals surface area contributed by atoms with Crippen molar-refractivity contribution in [3.05, 3.63) is 0 Å². The van der Waals surface area contributed by atoms with E-state index in [2.05, 4.69) is 32.4 Å². The van der Waals surface area contributed by atoms with Crippen molar-refractivity contribution in [1.29, 1.82) is 0 Å². The molecule has 1 aliphatic rings. The highest BCUT2D eigenvalue weighted by molar-refractivity contribution is 5.65. The second-order valence-corrected chi connectivity index (χ2v) is 7.18. The van der Waals surface area contributed by atoms with Gasteiger partial charge in [-0.15, -0.1) is 0 Å². The van der Waals surface area contributed by atoms with Crippen LogP contribution in [0.15, 0.2) is 0 Å². The molecule has 4 nitrogen and oxygen atoms in total. The fraction of sp³-hybridized carbons (Fsp3) is 0.950. The summed E-state index contributed by atoms with van der Waals surface area (Å²) < 4.78 is 6.02. The molecule has 0 aromatic rings. The van der Waals surface area contributed by atoms with Gasteiger partial charge in [-0.05, 0) is 25.7 Å². The molecule has 0 unspecified atom stereocenters. The molecule has 0 aliphatic carbocycles. The van der Waals surface area contributed by atoms with E-state index in [0.29, 0.717) is 6.61 Å². The maximum Gasteiger partial charge on any atom is 0.0861 e. The monoisotopic (exact) mass is 343 g/mol. The highest BCUT2D eigenvalue weighted by atomic mass is 16.6. The molecule has 144 valence electrons. The van der Waals surface area contributed by atoms with Crippen LogP contribution in [0.5, 0.6) is 0 Å². The Labute approximate surface area is 150 Å². The van der Waals surface area contributed by atoms with E-state index in [1.54, 1.807) is 0 Å². The Hall–Kier alpha value is -0.610. The summed E-state index contributed by atoms with van der Waals surface area (Å²) in [5.41, 5.74) is 0. The van der Waals surface area contributed by atoms with Crippen molar-refractivity contribution in [3.63, 3.8) is 0 Å². The van der Waals surface area contributed by atoms with Crippen LogP contribution in [0.25, 0.3) is 0 Å². The molecule has 1 saturated heterocycles. The zero-order chi connectivity index (χ0) is 18.3. The van der Waals surface area contributed by atoms with Crippen molar-refractivity contribution in [2.45, 2.75) is 91.6 Å². The Bertz CT molecular complexity index is 266. The van der Waals surface area contributed by atoms with Crippen LogP contribution in [-0.4, -0.2) is 49.3 Å². The number of carbonyl (C=O) groups is 1. The smallest absolute Gasteiger partial charge is 0.0861 e. The molecule has 4 heteroatoms. The van der Waals surface area contributed by atoms with E-state index in [9.17, 15) is 9.90 Å². The topological polar surface area (TPSA) is 52.7 Å². The Morgan fingerprint density at radius 1 is 0.875 bits per heavy atom. The second kappa shape index (κ2) is 14.7. The Balaban J connectivity index is 0.000000620. The van der Waals surface area contributed by atoms with Gasteiger partial charge in [0.05, 0.1) is 38.9 Å². The van der Waals surface area contributed by atoms with E-state index < -0.39 is 5.97 Å². The Morgan fingerprint density at radius 2 is 1.21 bits per heavy atom. The minimum absolute atomic E-state index is 0.0370.